The van der Waals surface area contributed by atoms with E-state index in [1.165, 1.54) is 30.5 Å². The van der Waals surface area contributed by atoms with Crippen LogP contribution in [0.15, 0.2) is 64.0 Å². The summed E-state index contributed by atoms with van der Waals surface area (Å²) in [5, 5.41) is 6.88. The quantitative estimate of drug-likeness (QED) is 0.725. The molecule has 132 valence electrons. The van der Waals surface area contributed by atoms with Crippen LogP contribution in [0.3, 0.4) is 0 Å². The van der Waals surface area contributed by atoms with Gasteiger partial charge < -0.3 is 15.5 Å². The Kier molecular flexibility index (Phi) is 4.66. The van der Waals surface area contributed by atoms with Crippen LogP contribution in [0.2, 0.25) is 0 Å². The molecule has 1 atom stereocenters. The van der Waals surface area contributed by atoms with Gasteiger partial charge in [0.2, 0.25) is 11.8 Å². The fraction of sp³-hybridized carbons (Fsp3) is 0.111. The van der Waals surface area contributed by atoms with Crippen molar-refractivity contribution in [1.82, 2.24) is 9.78 Å². The number of aromatic nitrogens is 2. The fourth-order valence-corrected chi connectivity index (χ4v) is 2.33. The van der Waals surface area contributed by atoms with E-state index >= 15 is 0 Å². The first-order valence-electron chi connectivity index (χ1n) is 7.80. The van der Waals surface area contributed by atoms with E-state index in [4.69, 9.17) is 10.2 Å². The van der Waals surface area contributed by atoms with E-state index in [0.29, 0.717) is 22.7 Å². The molecule has 0 aliphatic carbocycles. The number of primary amides is 1. The van der Waals surface area contributed by atoms with Gasteiger partial charge in [0.05, 0.1) is 6.26 Å². The number of benzene rings is 1. The number of rotatable bonds is 5. The van der Waals surface area contributed by atoms with Gasteiger partial charge in [-0.15, -0.1) is 0 Å². The van der Waals surface area contributed by atoms with Crippen molar-refractivity contribution < 1.29 is 14.0 Å². The molecule has 3 aromatic rings. The van der Waals surface area contributed by atoms with Crippen molar-refractivity contribution in [3.63, 3.8) is 0 Å². The second-order valence-electron chi connectivity index (χ2n) is 5.59. The zero-order valence-corrected chi connectivity index (χ0v) is 13.9. The molecule has 3 rings (SSSR count). The minimum Gasteiger partial charge on any atom is -0.463 e. The first-order valence-corrected chi connectivity index (χ1v) is 7.80. The maximum Gasteiger partial charge on any atom is 0.267 e. The Morgan fingerprint density at radius 3 is 2.50 bits per heavy atom. The van der Waals surface area contributed by atoms with Crippen molar-refractivity contribution in [2.45, 2.75) is 13.0 Å². The lowest BCUT2D eigenvalue weighted by Gasteiger charge is -2.14. The molecule has 2 amide bonds. The summed E-state index contributed by atoms with van der Waals surface area (Å²) in [6.07, 6.45) is 1.50. The lowest BCUT2D eigenvalue weighted by atomic mass is 10.2. The molecule has 1 aromatic carbocycles. The highest BCUT2D eigenvalue weighted by molar-refractivity contribution is 5.95. The Labute approximate surface area is 148 Å². The average Bonchev–Trinajstić information content (AvgIpc) is 3.16. The monoisotopic (exact) mass is 352 g/mol. The molecule has 8 nitrogen and oxygen atoms in total. The molecule has 0 saturated carbocycles. The highest BCUT2D eigenvalue weighted by Crippen LogP contribution is 2.17. The van der Waals surface area contributed by atoms with Gasteiger partial charge in [0.15, 0.2) is 5.76 Å². The van der Waals surface area contributed by atoms with Crippen molar-refractivity contribution in [3.05, 3.63) is 70.7 Å². The van der Waals surface area contributed by atoms with E-state index in [9.17, 15) is 14.4 Å². The van der Waals surface area contributed by atoms with Gasteiger partial charge in [0.25, 0.3) is 5.56 Å². The Hall–Kier alpha value is -3.68. The Balaban J connectivity index is 1.81. The molecule has 0 spiro atoms. The summed E-state index contributed by atoms with van der Waals surface area (Å²) in [7, 11) is 0. The minimum absolute atomic E-state index is 0.333. The summed E-state index contributed by atoms with van der Waals surface area (Å²) in [5.74, 6) is -0.488. The van der Waals surface area contributed by atoms with Crippen molar-refractivity contribution in [2.24, 2.45) is 5.73 Å². The SMILES string of the molecule is CC(C(=O)Nc1ccc(C(N)=O)cc1)n1nc(-c2ccco2)ccc1=O. The highest BCUT2D eigenvalue weighted by Gasteiger charge is 2.19. The van der Waals surface area contributed by atoms with Gasteiger partial charge >= 0.3 is 0 Å². The number of carbonyl (C=O) groups excluding carboxylic acids is 2. The topological polar surface area (TPSA) is 120 Å². The van der Waals surface area contributed by atoms with E-state index in [1.807, 2.05) is 0 Å². The second kappa shape index (κ2) is 7.06. The van der Waals surface area contributed by atoms with Crippen LogP contribution in [0.5, 0.6) is 0 Å². The van der Waals surface area contributed by atoms with Gasteiger partial charge in [-0.25, -0.2) is 4.68 Å². The Morgan fingerprint density at radius 1 is 1.15 bits per heavy atom. The zero-order chi connectivity index (χ0) is 18.7. The van der Waals surface area contributed by atoms with Gasteiger partial charge in [0.1, 0.15) is 11.7 Å². The van der Waals surface area contributed by atoms with Crippen LogP contribution in [0, 0.1) is 0 Å². The first kappa shape index (κ1) is 17.2. The van der Waals surface area contributed by atoms with Crippen LogP contribution in [-0.2, 0) is 4.79 Å². The zero-order valence-electron chi connectivity index (χ0n) is 13.9. The van der Waals surface area contributed by atoms with E-state index in [2.05, 4.69) is 10.4 Å². The normalized spacial score (nSPS) is 11.7. The molecule has 0 bridgehead atoms. The van der Waals surface area contributed by atoms with E-state index < -0.39 is 23.4 Å². The number of furan rings is 1. The number of amides is 2. The molecule has 0 aliphatic heterocycles. The summed E-state index contributed by atoms with van der Waals surface area (Å²) in [6.45, 7) is 1.56. The molecule has 0 saturated heterocycles. The summed E-state index contributed by atoms with van der Waals surface area (Å²) < 4.78 is 6.35. The molecule has 26 heavy (non-hydrogen) atoms. The first-order chi connectivity index (χ1) is 12.5. The third kappa shape index (κ3) is 3.54. The number of hydrogen-bond acceptors (Lipinski definition) is 5. The number of hydrogen-bond donors (Lipinski definition) is 2. The minimum atomic E-state index is -0.853. The molecule has 3 N–H and O–H groups in total. The largest absolute Gasteiger partial charge is 0.463 e. The Bertz CT molecular complexity index is 991. The summed E-state index contributed by atoms with van der Waals surface area (Å²) in [4.78, 5) is 35.6. The van der Waals surface area contributed by atoms with Crippen molar-refractivity contribution in [3.8, 4) is 11.5 Å². The van der Waals surface area contributed by atoms with Gasteiger partial charge in [-0.05, 0) is 49.4 Å². The molecule has 0 aliphatic rings. The molecule has 0 radical (unpaired) electrons. The van der Waals surface area contributed by atoms with Gasteiger partial charge in [-0.3, -0.25) is 14.4 Å². The van der Waals surface area contributed by atoms with Crippen molar-refractivity contribution in [1.29, 1.82) is 0 Å². The maximum atomic E-state index is 12.5. The van der Waals surface area contributed by atoms with Crippen LogP contribution in [-0.4, -0.2) is 21.6 Å². The van der Waals surface area contributed by atoms with E-state index in [-0.39, 0.29) is 0 Å². The highest BCUT2D eigenvalue weighted by atomic mass is 16.3. The van der Waals surface area contributed by atoms with Gasteiger partial charge in [0, 0.05) is 17.3 Å². The van der Waals surface area contributed by atoms with Gasteiger partial charge in [-0.1, -0.05) is 0 Å². The predicted molar refractivity (Wildman–Crippen MR) is 94.5 cm³/mol. The lowest BCUT2D eigenvalue weighted by molar-refractivity contribution is -0.119. The van der Waals surface area contributed by atoms with Crippen LogP contribution in [0.4, 0.5) is 5.69 Å². The summed E-state index contributed by atoms with van der Waals surface area (Å²) >= 11 is 0. The molecule has 8 heteroatoms. The van der Waals surface area contributed by atoms with Crippen LogP contribution in [0.1, 0.15) is 23.3 Å². The van der Waals surface area contributed by atoms with Crippen LogP contribution < -0.4 is 16.6 Å². The Morgan fingerprint density at radius 2 is 1.88 bits per heavy atom. The second-order valence-corrected chi connectivity index (χ2v) is 5.59. The van der Waals surface area contributed by atoms with Gasteiger partial charge in [-0.2, -0.15) is 5.10 Å². The number of nitrogens with two attached hydrogens (primary N) is 1. The van der Waals surface area contributed by atoms with E-state index in [1.54, 1.807) is 31.2 Å². The summed E-state index contributed by atoms with van der Waals surface area (Å²) in [6, 6.07) is 11.5. The molecule has 0 fully saturated rings. The number of carbonyl (C=O) groups is 2. The van der Waals surface area contributed by atoms with Crippen molar-refractivity contribution >= 4 is 17.5 Å². The molecule has 1 unspecified atom stereocenters. The third-order valence-corrected chi connectivity index (χ3v) is 3.78. The number of nitrogens with one attached hydrogen (secondary N) is 1. The lowest BCUT2D eigenvalue weighted by Crippen LogP contribution is -2.33. The van der Waals surface area contributed by atoms with Crippen molar-refractivity contribution in [2.75, 3.05) is 5.32 Å². The molecular formula is C18H16N4O4. The smallest absolute Gasteiger partial charge is 0.267 e. The number of nitrogens with zero attached hydrogens (tertiary/aromatic N) is 2. The molecule has 2 heterocycles. The van der Waals surface area contributed by atoms with Crippen LogP contribution in [0.25, 0.3) is 11.5 Å². The predicted octanol–water partition coefficient (Wildman–Crippen LogP) is 1.80. The average molecular weight is 352 g/mol. The maximum absolute atomic E-state index is 12.5. The standard InChI is InChI=1S/C18H16N4O4/c1-11(18(25)20-13-6-4-12(5-7-13)17(19)24)22-16(23)9-8-14(21-22)15-3-2-10-26-15/h2-11H,1H3,(H2,19,24)(H,20,25). The fourth-order valence-electron chi connectivity index (χ4n) is 2.33. The van der Waals surface area contributed by atoms with E-state index in [0.717, 1.165) is 4.68 Å². The van der Waals surface area contributed by atoms with Crippen LogP contribution >= 0.6 is 0 Å². The molecule has 2 aromatic heterocycles. The number of anilines is 1. The summed E-state index contributed by atoms with van der Waals surface area (Å²) in [5.41, 5.74) is 6.02. The third-order valence-electron chi connectivity index (χ3n) is 3.78. The molecular weight excluding hydrogens is 336 g/mol.